The van der Waals surface area contributed by atoms with Gasteiger partial charge in [0.05, 0.1) is 11.9 Å². The van der Waals surface area contributed by atoms with Crippen LogP contribution in [0.3, 0.4) is 0 Å². The van der Waals surface area contributed by atoms with E-state index in [0.717, 1.165) is 43.8 Å². The molecule has 0 bridgehead atoms. The minimum Gasteiger partial charge on any atom is -0.492 e. The Bertz CT molecular complexity index is 837. The number of nitrogens with two attached hydrogens (primary N) is 1. The first-order chi connectivity index (χ1) is 16.3. The van der Waals surface area contributed by atoms with Crippen molar-refractivity contribution in [1.82, 2.24) is 4.90 Å². The Hall–Kier alpha value is -2.15. The average Bonchev–Trinajstić information content (AvgIpc) is 2.84. The molecule has 0 saturated carbocycles. The molecule has 2 aromatic carbocycles. The number of alkyl halides is 1. The Morgan fingerprint density at radius 2 is 1.38 bits per heavy atom. The van der Waals surface area contributed by atoms with Crippen LogP contribution in [0.5, 0.6) is 11.5 Å². The van der Waals surface area contributed by atoms with E-state index in [9.17, 15) is 4.91 Å². The van der Waals surface area contributed by atoms with Crippen LogP contribution in [0.4, 0.5) is 0 Å². The molecular weight excluding hydrogens is 450 g/mol. The van der Waals surface area contributed by atoms with Crippen molar-refractivity contribution >= 4 is 11.6 Å². The Kier molecular flexibility index (Phi) is 11.8. The highest BCUT2D eigenvalue weighted by atomic mass is 35.5. The maximum atomic E-state index is 10.7. The monoisotopic (exact) mass is 489 g/mol. The van der Waals surface area contributed by atoms with Crippen molar-refractivity contribution in [2.24, 2.45) is 10.9 Å². The van der Waals surface area contributed by atoms with Crippen LogP contribution in [-0.2, 0) is 5.41 Å². The molecule has 0 aliphatic rings. The Labute approximate surface area is 209 Å². The quantitative estimate of drug-likeness (QED) is 0.245. The van der Waals surface area contributed by atoms with Gasteiger partial charge >= 0.3 is 0 Å². The minimum atomic E-state index is -0.542. The second kappa shape index (κ2) is 14.3. The fraction of sp³-hybridized carbons (Fsp3) is 0.556. The van der Waals surface area contributed by atoms with E-state index in [1.54, 1.807) is 0 Å². The predicted molar refractivity (Wildman–Crippen MR) is 141 cm³/mol. The zero-order valence-electron chi connectivity index (χ0n) is 21.0. The molecule has 1 unspecified atom stereocenters. The lowest BCUT2D eigenvalue weighted by Crippen LogP contribution is -2.41. The van der Waals surface area contributed by atoms with Crippen molar-refractivity contribution < 1.29 is 9.47 Å². The van der Waals surface area contributed by atoms with E-state index in [1.807, 2.05) is 36.4 Å². The van der Waals surface area contributed by atoms with Gasteiger partial charge in [0.1, 0.15) is 30.8 Å². The molecule has 2 rings (SSSR count). The molecule has 0 heterocycles. The SMILES string of the molecule is CCCN(CCC)C[C@@H](N)COc1ccc(C(C)(C)c2ccc(OCC(CCl)N=O)cc2)cc1. The van der Waals surface area contributed by atoms with E-state index >= 15 is 0 Å². The summed E-state index contributed by atoms with van der Waals surface area (Å²) in [6, 6.07) is 15.6. The van der Waals surface area contributed by atoms with Crippen LogP contribution < -0.4 is 15.2 Å². The molecule has 6 nitrogen and oxygen atoms in total. The lowest BCUT2D eigenvalue weighted by atomic mass is 9.78. The molecule has 0 radical (unpaired) electrons. The lowest BCUT2D eigenvalue weighted by Gasteiger charge is -2.27. The number of nitroso groups, excluding NO2 is 1. The number of benzene rings is 2. The summed E-state index contributed by atoms with van der Waals surface area (Å²) in [5.74, 6) is 1.67. The van der Waals surface area contributed by atoms with E-state index in [-0.39, 0.29) is 23.9 Å². The minimum absolute atomic E-state index is 0.0167. The van der Waals surface area contributed by atoms with Gasteiger partial charge in [-0.05, 0) is 61.3 Å². The Morgan fingerprint density at radius 1 is 0.912 bits per heavy atom. The van der Waals surface area contributed by atoms with Crippen molar-refractivity contribution in [3.05, 3.63) is 64.6 Å². The summed E-state index contributed by atoms with van der Waals surface area (Å²) in [5.41, 5.74) is 8.46. The van der Waals surface area contributed by atoms with Gasteiger partial charge in [0, 0.05) is 12.0 Å². The van der Waals surface area contributed by atoms with E-state index in [2.05, 4.69) is 49.9 Å². The molecule has 2 N–H and O–H groups in total. The van der Waals surface area contributed by atoms with E-state index in [1.165, 1.54) is 5.56 Å². The van der Waals surface area contributed by atoms with Gasteiger partial charge in [0.15, 0.2) is 0 Å². The van der Waals surface area contributed by atoms with Gasteiger partial charge < -0.3 is 20.1 Å². The van der Waals surface area contributed by atoms with Gasteiger partial charge in [0.2, 0.25) is 0 Å². The van der Waals surface area contributed by atoms with Gasteiger partial charge in [-0.1, -0.05) is 57.1 Å². The third-order valence-corrected chi connectivity index (χ3v) is 6.31. The second-order valence-corrected chi connectivity index (χ2v) is 9.58. The zero-order valence-corrected chi connectivity index (χ0v) is 21.8. The standard InChI is InChI=1S/C27H40ClN3O3/c1-5-15-31(16-6-2)18-23(29)19-33-25-11-7-21(8-12-25)27(3,4)22-9-13-26(14-10-22)34-20-24(17-28)30-32/h7-14,23-24H,5-6,15-20,29H2,1-4H3/t23-,24?/m1/s1. The highest BCUT2D eigenvalue weighted by molar-refractivity contribution is 6.18. The number of ether oxygens (including phenoxy) is 2. The van der Waals surface area contributed by atoms with Crippen LogP contribution in [0.1, 0.15) is 51.7 Å². The topological polar surface area (TPSA) is 77.2 Å². The van der Waals surface area contributed by atoms with Gasteiger partial charge in [-0.3, -0.25) is 0 Å². The first-order valence-corrected chi connectivity index (χ1v) is 12.7. The van der Waals surface area contributed by atoms with Crippen LogP contribution in [0.2, 0.25) is 0 Å². The first kappa shape index (κ1) is 28.1. The van der Waals surface area contributed by atoms with Crippen LogP contribution in [0, 0.1) is 4.91 Å². The van der Waals surface area contributed by atoms with Crippen LogP contribution in [0.15, 0.2) is 53.7 Å². The van der Waals surface area contributed by atoms with Gasteiger partial charge in [-0.2, -0.15) is 4.91 Å². The molecule has 0 spiro atoms. The summed E-state index contributed by atoms with van der Waals surface area (Å²) in [6.07, 6.45) is 2.26. The molecule has 2 aromatic rings. The molecule has 0 amide bonds. The van der Waals surface area contributed by atoms with Gasteiger partial charge in [-0.25, -0.2) is 0 Å². The fourth-order valence-electron chi connectivity index (χ4n) is 3.91. The average molecular weight is 490 g/mol. The largest absolute Gasteiger partial charge is 0.492 e. The zero-order chi connectivity index (χ0) is 25.0. The summed E-state index contributed by atoms with van der Waals surface area (Å²) in [6.45, 7) is 12.4. The number of rotatable bonds is 16. The van der Waals surface area contributed by atoms with Crippen LogP contribution in [0.25, 0.3) is 0 Å². The normalized spacial score (nSPS) is 13.5. The summed E-state index contributed by atoms with van der Waals surface area (Å²) in [7, 11) is 0. The lowest BCUT2D eigenvalue weighted by molar-refractivity contribution is 0.212. The molecule has 0 aliphatic carbocycles. The number of nitrogens with zero attached hydrogens (tertiary/aromatic N) is 2. The third kappa shape index (κ3) is 8.57. The van der Waals surface area contributed by atoms with Crippen molar-refractivity contribution in [3.63, 3.8) is 0 Å². The summed E-state index contributed by atoms with van der Waals surface area (Å²) in [4.78, 5) is 13.1. The predicted octanol–water partition coefficient (Wildman–Crippen LogP) is 5.59. The van der Waals surface area contributed by atoms with Gasteiger partial charge in [0.25, 0.3) is 0 Å². The maximum Gasteiger partial charge on any atom is 0.139 e. The summed E-state index contributed by atoms with van der Waals surface area (Å²) < 4.78 is 11.6. The van der Waals surface area contributed by atoms with Crippen molar-refractivity contribution in [1.29, 1.82) is 0 Å². The molecular formula is C27H40ClN3O3. The van der Waals surface area contributed by atoms with E-state index in [0.29, 0.717) is 12.4 Å². The van der Waals surface area contributed by atoms with Crippen molar-refractivity contribution in [2.75, 3.05) is 38.7 Å². The molecule has 34 heavy (non-hydrogen) atoms. The number of hydrogen-bond acceptors (Lipinski definition) is 6. The highest BCUT2D eigenvalue weighted by Crippen LogP contribution is 2.33. The molecule has 0 fully saturated rings. The number of hydrogen-bond donors (Lipinski definition) is 1. The summed E-state index contributed by atoms with van der Waals surface area (Å²) >= 11 is 5.69. The second-order valence-electron chi connectivity index (χ2n) is 9.27. The Morgan fingerprint density at radius 3 is 1.79 bits per heavy atom. The van der Waals surface area contributed by atoms with Crippen molar-refractivity contribution in [3.8, 4) is 11.5 Å². The fourth-order valence-corrected chi connectivity index (χ4v) is 4.06. The maximum absolute atomic E-state index is 10.7. The molecule has 7 heteroatoms. The first-order valence-electron chi connectivity index (χ1n) is 12.2. The molecule has 0 saturated heterocycles. The van der Waals surface area contributed by atoms with Gasteiger partial charge in [-0.15, -0.1) is 11.6 Å². The van der Waals surface area contributed by atoms with Crippen molar-refractivity contribution in [2.45, 2.75) is 58.0 Å². The smallest absolute Gasteiger partial charge is 0.139 e. The highest BCUT2D eigenvalue weighted by Gasteiger charge is 2.23. The third-order valence-electron chi connectivity index (χ3n) is 5.96. The molecule has 0 aromatic heterocycles. The summed E-state index contributed by atoms with van der Waals surface area (Å²) in [5, 5.41) is 2.95. The molecule has 188 valence electrons. The van der Waals surface area contributed by atoms with E-state index in [4.69, 9.17) is 26.8 Å². The van der Waals surface area contributed by atoms with E-state index < -0.39 is 6.04 Å². The molecule has 2 atom stereocenters. The Balaban J connectivity index is 1.94. The van der Waals surface area contributed by atoms with Crippen LogP contribution in [-0.4, -0.2) is 55.7 Å². The molecule has 0 aliphatic heterocycles. The van der Waals surface area contributed by atoms with Crippen LogP contribution >= 0.6 is 11.6 Å². The number of halogens is 1.